The smallest absolute Gasteiger partial charge is 0.155 e. The molecule has 0 bridgehead atoms. The molecule has 15 heavy (non-hydrogen) atoms. The van der Waals surface area contributed by atoms with E-state index < -0.39 is 0 Å². The Morgan fingerprint density at radius 2 is 2.20 bits per heavy atom. The van der Waals surface area contributed by atoms with Gasteiger partial charge in [0.05, 0.1) is 6.20 Å². The Kier molecular flexibility index (Phi) is 2.99. The highest BCUT2D eigenvalue weighted by atomic mass is 15.2. The van der Waals surface area contributed by atoms with Gasteiger partial charge in [0.2, 0.25) is 0 Å². The van der Waals surface area contributed by atoms with Gasteiger partial charge < -0.3 is 0 Å². The second-order valence-electron chi connectivity index (χ2n) is 4.14. The molecule has 0 radical (unpaired) electrons. The van der Waals surface area contributed by atoms with Gasteiger partial charge >= 0.3 is 0 Å². The first-order valence-electron chi connectivity index (χ1n) is 5.59. The van der Waals surface area contributed by atoms with Crippen LogP contribution in [0.15, 0.2) is 24.5 Å². The Bertz CT molecular complexity index is 433. The lowest BCUT2D eigenvalue weighted by Crippen LogP contribution is -2.06. The summed E-state index contributed by atoms with van der Waals surface area (Å²) in [6.45, 7) is 4.52. The molecule has 1 unspecified atom stereocenters. The molecule has 2 rings (SSSR count). The summed E-state index contributed by atoms with van der Waals surface area (Å²) < 4.78 is 1.94. The van der Waals surface area contributed by atoms with E-state index in [2.05, 4.69) is 30.0 Å². The van der Waals surface area contributed by atoms with E-state index in [1.165, 1.54) is 18.5 Å². The van der Waals surface area contributed by atoms with Gasteiger partial charge in [-0.05, 0) is 18.4 Å². The van der Waals surface area contributed by atoms with Gasteiger partial charge in [0.15, 0.2) is 5.65 Å². The first kappa shape index (κ1) is 10.1. The van der Waals surface area contributed by atoms with Crippen molar-refractivity contribution in [2.24, 2.45) is 5.92 Å². The topological polar surface area (TPSA) is 30.2 Å². The third kappa shape index (κ3) is 2.17. The fraction of sp³-hybridized carbons (Fsp3) is 0.500. The molecule has 0 fully saturated rings. The third-order valence-corrected chi connectivity index (χ3v) is 2.71. The van der Waals surface area contributed by atoms with Crippen LogP contribution in [-0.2, 0) is 6.42 Å². The summed E-state index contributed by atoms with van der Waals surface area (Å²) in [5, 5.41) is 4.29. The van der Waals surface area contributed by atoms with Gasteiger partial charge in [0, 0.05) is 18.0 Å². The van der Waals surface area contributed by atoms with Crippen LogP contribution in [0.25, 0.3) is 5.65 Å². The minimum atomic E-state index is 0.713. The second-order valence-corrected chi connectivity index (χ2v) is 4.14. The largest absolute Gasteiger partial charge is 0.237 e. The molecule has 0 spiro atoms. The lowest BCUT2D eigenvalue weighted by molar-refractivity contribution is 0.510. The second kappa shape index (κ2) is 4.43. The van der Waals surface area contributed by atoms with Gasteiger partial charge in [0.25, 0.3) is 0 Å². The lowest BCUT2D eigenvalue weighted by atomic mass is 10.0. The average Bonchev–Trinajstić information content (AvgIpc) is 2.67. The molecule has 3 heteroatoms. The fourth-order valence-electron chi connectivity index (χ4n) is 1.99. The molecule has 0 aromatic carbocycles. The van der Waals surface area contributed by atoms with Crippen molar-refractivity contribution < 1.29 is 0 Å². The van der Waals surface area contributed by atoms with E-state index in [1.54, 1.807) is 6.20 Å². The van der Waals surface area contributed by atoms with Crippen LogP contribution in [0.5, 0.6) is 0 Å². The maximum absolute atomic E-state index is 4.29. The summed E-state index contributed by atoms with van der Waals surface area (Å²) >= 11 is 0. The summed E-state index contributed by atoms with van der Waals surface area (Å²) in [7, 11) is 0. The Morgan fingerprint density at radius 1 is 1.33 bits per heavy atom. The van der Waals surface area contributed by atoms with Gasteiger partial charge in [-0.3, -0.25) is 0 Å². The zero-order valence-electron chi connectivity index (χ0n) is 9.35. The van der Waals surface area contributed by atoms with E-state index in [1.807, 2.05) is 16.8 Å². The van der Waals surface area contributed by atoms with Crippen molar-refractivity contribution in [1.82, 2.24) is 14.6 Å². The van der Waals surface area contributed by atoms with E-state index in [-0.39, 0.29) is 0 Å². The monoisotopic (exact) mass is 203 g/mol. The van der Waals surface area contributed by atoms with Crippen molar-refractivity contribution in [3.05, 3.63) is 30.2 Å². The SMILES string of the molecule is CCCC(C)Cc1ccnc2ccnn12. The van der Waals surface area contributed by atoms with Crippen molar-refractivity contribution in [2.45, 2.75) is 33.1 Å². The molecule has 2 heterocycles. The Balaban J connectivity index is 2.23. The van der Waals surface area contributed by atoms with Crippen molar-refractivity contribution >= 4 is 5.65 Å². The standard InChI is InChI=1S/C12H17N3/c1-3-4-10(2)9-11-5-7-13-12-6-8-14-15(11)12/h5-8,10H,3-4,9H2,1-2H3. The summed E-state index contributed by atoms with van der Waals surface area (Å²) in [5.41, 5.74) is 2.20. The van der Waals surface area contributed by atoms with E-state index in [0.29, 0.717) is 5.92 Å². The summed E-state index contributed by atoms with van der Waals surface area (Å²) in [6, 6.07) is 4.00. The number of fused-ring (bicyclic) bond motifs is 1. The molecule has 1 atom stereocenters. The molecule has 0 N–H and O–H groups in total. The first-order chi connectivity index (χ1) is 7.31. The number of aromatic nitrogens is 3. The van der Waals surface area contributed by atoms with Crippen molar-refractivity contribution in [3.63, 3.8) is 0 Å². The van der Waals surface area contributed by atoms with Gasteiger partial charge in [-0.25, -0.2) is 9.50 Å². The Labute approximate surface area is 90.1 Å². The Morgan fingerprint density at radius 3 is 3.00 bits per heavy atom. The highest BCUT2D eigenvalue weighted by molar-refractivity contribution is 5.36. The molecule has 0 saturated carbocycles. The quantitative estimate of drug-likeness (QED) is 0.764. The van der Waals surface area contributed by atoms with Crippen LogP contribution in [0, 0.1) is 5.92 Å². The van der Waals surface area contributed by atoms with Crippen LogP contribution < -0.4 is 0 Å². The van der Waals surface area contributed by atoms with Gasteiger partial charge in [-0.1, -0.05) is 26.7 Å². The zero-order chi connectivity index (χ0) is 10.7. The van der Waals surface area contributed by atoms with Crippen molar-refractivity contribution in [3.8, 4) is 0 Å². The van der Waals surface area contributed by atoms with Gasteiger partial charge in [-0.15, -0.1) is 0 Å². The van der Waals surface area contributed by atoms with E-state index in [9.17, 15) is 0 Å². The van der Waals surface area contributed by atoms with Crippen molar-refractivity contribution in [1.29, 1.82) is 0 Å². The summed E-state index contributed by atoms with van der Waals surface area (Å²) in [5.74, 6) is 0.713. The maximum Gasteiger partial charge on any atom is 0.155 e. The Hall–Kier alpha value is -1.38. The molecule has 80 valence electrons. The molecule has 0 saturated heterocycles. The van der Waals surface area contributed by atoms with Crippen LogP contribution in [0.3, 0.4) is 0 Å². The van der Waals surface area contributed by atoms with E-state index >= 15 is 0 Å². The highest BCUT2D eigenvalue weighted by Crippen LogP contribution is 2.13. The van der Waals surface area contributed by atoms with Crippen molar-refractivity contribution in [2.75, 3.05) is 0 Å². The number of rotatable bonds is 4. The predicted molar refractivity (Wildman–Crippen MR) is 60.8 cm³/mol. The minimum Gasteiger partial charge on any atom is -0.237 e. The van der Waals surface area contributed by atoms with E-state index in [4.69, 9.17) is 0 Å². The predicted octanol–water partition coefficient (Wildman–Crippen LogP) is 2.71. The highest BCUT2D eigenvalue weighted by Gasteiger charge is 2.06. The van der Waals surface area contributed by atoms with Crippen LogP contribution in [0.1, 0.15) is 32.4 Å². The van der Waals surface area contributed by atoms with Crippen LogP contribution in [0.2, 0.25) is 0 Å². The van der Waals surface area contributed by atoms with Crippen LogP contribution in [0.4, 0.5) is 0 Å². The number of nitrogens with zero attached hydrogens (tertiary/aromatic N) is 3. The molecule has 0 aliphatic carbocycles. The molecule has 2 aromatic rings. The first-order valence-corrected chi connectivity index (χ1v) is 5.59. The third-order valence-electron chi connectivity index (χ3n) is 2.71. The van der Waals surface area contributed by atoms with Gasteiger partial charge in [-0.2, -0.15) is 5.10 Å². The zero-order valence-corrected chi connectivity index (χ0v) is 9.35. The lowest BCUT2D eigenvalue weighted by Gasteiger charge is -2.10. The van der Waals surface area contributed by atoms with E-state index in [0.717, 1.165) is 12.1 Å². The normalized spacial score (nSPS) is 13.2. The molecule has 2 aromatic heterocycles. The maximum atomic E-state index is 4.29. The van der Waals surface area contributed by atoms with Crippen LogP contribution in [-0.4, -0.2) is 14.6 Å². The molecular formula is C12H17N3. The average molecular weight is 203 g/mol. The number of hydrogen-bond acceptors (Lipinski definition) is 2. The summed E-state index contributed by atoms with van der Waals surface area (Å²) in [4.78, 5) is 4.26. The molecule has 3 nitrogen and oxygen atoms in total. The fourth-order valence-corrected chi connectivity index (χ4v) is 1.99. The molecule has 0 amide bonds. The summed E-state index contributed by atoms with van der Waals surface area (Å²) in [6.07, 6.45) is 7.26. The molecular weight excluding hydrogens is 186 g/mol. The molecule has 0 aliphatic heterocycles. The number of hydrogen-bond donors (Lipinski definition) is 0. The minimum absolute atomic E-state index is 0.713. The van der Waals surface area contributed by atoms with Crippen LogP contribution >= 0.6 is 0 Å². The molecule has 0 aliphatic rings. The van der Waals surface area contributed by atoms with Gasteiger partial charge in [0.1, 0.15) is 0 Å².